The number of β-amino-alcohol motifs (C(OH)–C–C–N with tert-alkyl or cyclic N) is 1. The molecular formula is C11H19N3O5. The number of hydrogen-bond donors (Lipinski definition) is 3. The summed E-state index contributed by atoms with van der Waals surface area (Å²) in [6, 6.07) is 0. The molecule has 1 aliphatic heterocycles. The molecule has 0 aromatic carbocycles. The first-order valence-corrected chi connectivity index (χ1v) is 6.07. The van der Waals surface area contributed by atoms with Crippen molar-refractivity contribution in [3.8, 4) is 0 Å². The maximum Gasteiger partial charge on any atom is 0.315 e. The molecule has 0 aromatic heterocycles. The summed E-state index contributed by atoms with van der Waals surface area (Å²) in [5, 5.41) is 13.8. The van der Waals surface area contributed by atoms with Crippen LogP contribution in [-0.2, 0) is 19.1 Å². The first-order valence-electron chi connectivity index (χ1n) is 6.07. The Morgan fingerprint density at radius 1 is 1.26 bits per heavy atom. The fraction of sp³-hybridized carbons (Fsp3) is 0.727. The van der Waals surface area contributed by atoms with Gasteiger partial charge in [0.05, 0.1) is 19.3 Å². The molecule has 0 aliphatic carbocycles. The van der Waals surface area contributed by atoms with Gasteiger partial charge in [-0.1, -0.05) is 0 Å². The third-order valence-corrected chi connectivity index (χ3v) is 2.57. The maximum atomic E-state index is 11.3. The highest BCUT2D eigenvalue weighted by Crippen LogP contribution is 1.98. The predicted molar refractivity (Wildman–Crippen MR) is 65.1 cm³/mol. The van der Waals surface area contributed by atoms with Crippen LogP contribution in [0.4, 0.5) is 0 Å². The summed E-state index contributed by atoms with van der Waals surface area (Å²) in [6.07, 6.45) is -0.771. The number of amides is 3. The van der Waals surface area contributed by atoms with E-state index in [-0.39, 0.29) is 6.54 Å². The molecule has 0 aromatic rings. The number of nitrogens with zero attached hydrogens (tertiary/aromatic N) is 1. The fourth-order valence-electron chi connectivity index (χ4n) is 1.65. The number of hydrogen-bond acceptors (Lipinski definition) is 6. The third-order valence-electron chi connectivity index (χ3n) is 2.57. The van der Waals surface area contributed by atoms with Crippen LogP contribution in [0.3, 0.4) is 0 Å². The van der Waals surface area contributed by atoms with Gasteiger partial charge < -0.3 is 15.2 Å². The zero-order valence-electron chi connectivity index (χ0n) is 10.8. The van der Waals surface area contributed by atoms with E-state index in [4.69, 9.17) is 4.74 Å². The van der Waals surface area contributed by atoms with Gasteiger partial charge in [0.15, 0.2) is 0 Å². The first kappa shape index (κ1) is 15.5. The monoisotopic (exact) mass is 273 g/mol. The van der Waals surface area contributed by atoms with Gasteiger partial charge in [-0.25, -0.2) is 0 Å². The molecule has 1 unspecified atom stereocenters. The average molecular weight is 273 g/mol. The molecule has 3 amide bonds. The van der Waals surface area contributed by atoms with Crippen molar-refractivity contribution in [3.63, 3.8) is 0 Å². The van der Waals surface area contributed by atoms with E-state index in [1.807, 2.05) is 10.2 Å². The molecule has 108 valence electrons. The molecule has 1 atom stereocenters. The third kappa shape index (κ3) is 6.27. The van der Waals surface area contributed by atoms with E-state index in [0.29, 0.717) is 19.8 Å². The standard InChI is InChI=1S/C11H19N3O5/c1-8(15)13-11(18)10(17)12-6-9(16)7-14-2-4-19-5-3-14/h9,16H,2-7H2,1H3,(H,12,17)(H,13,15,18). The lowest BCUT2D eigenvalue weighted by molar-refractivity contribution is -0.142. The molecule has 8 nitrogen and oxygen atoms in total. The maximum absolute atomic E-state index is 11.3. The summed E-state index contributed by atoms with van der Waals surface area (Å²) in [7, 11) is 0. The van der Waals surface area contributed by atoms with E-state index in [9.17, 15) is 19.5 Å². The Bertz CT molecular complexity index is 341. The van der Waals surface area contributed by atoms with Crippen LogP contribution in [0.2, 0.25) is 0 Å². The Hall–Kier alpha value is -1.51. The van der Waals surface area contributed by atoms with Gasteiger partial charge in [0.2, 0.25) is 5.91 Å². The van der Waals surface area contributed by atoms with Gasteiger partial charge in [0, 0.05) is 33.1 Å². The number of morpholine rings is 1. The van der Waals surface area contributed by atoms with Crippen LogP contribution in [0.15, 0.2) is 0 Å². The van der Waals surface area contributed by atoms with Gasteiger partial charge >= 0.3 is 11.8 Å². The number of carbonyl (C=O) groups excluding carboxylic acids is 3. The van der Waals surface area contributed by atoms with Crippen LogP contribution in [0.5, 0.6) is 0 Å². The normalized spacial score (nSPS) is 17.6. The second-order valence-corrected chi connectivity index (χ2v) is 4.29. The second kappa shape index (κ2) is 7.82. The summed E-state index contributed by atoms with van der Waals surface area (Å²) in [6.45, 7) is 4.21. The molecule has 8 heteroatoms. The summed E-state index contributed by atoms with van der Waals surface area (Å²) in [5.41, 5.74) is 0. The predicted octanol–water partition coefficient (Wildman–Crippen LogP) is -2.54. The van der Waals surface area contributed by atoms with E-state index in [0.717, 1.165) is 20.0 Å². The van der Waals surface area contributed by atoms with Gasteiger partial charge in [-0.3, -0.25) is 24.6 Å². The van der Waals surface area contributed by atoms with Crippen LogP contribution in [0.25, 0.3) is 0 Å². The van der Waals surface area contributed by atoms with Crippen molar-refractivity contribution in [1.29, 1.82) is 0 Å². The van der Waals surface area contributed by atoms with E-state index < -0.39 is 23.8 Å². The van der Waals surface area contributed by atoms with E-state index in [2.05, 4.69) is 5.32 Å². The summed E-state index contributed by atoms with van der Waals surface area (Å²) < 4.78 is 5.17. The second-order valence-electron chi connectivity index (χ2n) is 4.29. The van der Waals surface area contributed by atoms with Crippen molar-refractivity contribution in [2.24, 2.45) is 0 Å². The van der Waals surface area contributed by atoms with Crippen LogP contribution < -0.4 is 10.6 Å². The number of aliphatic hydroxyl groups is 1. The SMILES string of the molecule is CC(=O)NC(=O)C(=O)NCC(O)CN1CCOCC1. The highest BCUT2D eigenvalue weighted by Gasteiger charge is 2.18. The first-order chi connectivity index (χ1) is 8.99. The summed E-state index contributed by atoms with van der Waals surface area (Å²) in [5.74, 6) is -2.56. The zero-order valence-corrected chi connectivity index (χ0v) is 10.8. The van der Waals surface area contributed by atoms with E-state index in [1.165, 1.54) is 0 Å². The smallest absolute Gasteiger partial charge is 0.315 e. The number of nitrogens with one attached hydrogen (secondary N) is 2. The Balaban J connectivity index is 2.21. The van der Waals surface area contributed by atoms with Gasteiger partial charge in [-0.05, 0) is 0 Å². The van der Waals surface area contributed by atoms with E-state index in [1.54, 1.807) is 0 Å². The molecule has 1 saturated heterocycles. The lowest BCUT2D eigenvalue weighted by atomic mass is 10.3. The van der Waals surface area contributed by atoms with Crippen LogP contribution >= 0.6 is 0 Å². The van der Waals surface area contributed by atoms with Crippen molar-refractivity contribution in [2.45, 2.75) is 13.0 Å². The fourth-order valence-corrected chi connectivity index (χ4v) is 1.65. The van der Waals surface area contributed by atoms with Gasteiger partial charge in [-0.15, -0.1) is 0 Å². The zero-order chi connectivity index (χ0) is 14.3. The molecule has 1 rings (SSSR count). The number of ether oxygens (including phenoxy) is 1. The Morgan fingerprint density at radius 2 is 1.89 bits per heavy atom. The van der Waals surface area contributed by atoms with Crippen LogP contribution in [-0.4, -0.2) is 73.2 Å². The molecule has 1 aliphatic rings. The van der Waals surface area contributed by atoms with Crippen molar-refractivity contribution in [3.05, 3.63) is 0 Å². The quantitative estimate of drug-likeness (QED) is 0.487. The molecule has 3 N–H and O–H groups in total. The van der Waals surface area contributed by atoms with Crippen LogP contribution in [0.1, 0.15) is 6.92 Å². The topological polar surface area (TPSA) is 108 Å². The Kier molecular flexibility index (Phi) is 6.40. The molecule has 0 bridgehead atoms. The Morgan fingerprint density at radius 3 is 2.47 bits per heavy atom. The minimum absolute atomic E-state index is 0.0402. The number of carbonyl (C=O) groups is 3. The highest BCUT2D eigenvalue weighted by molar-refractivity contribution is 6.37. The number of rotatable bonds is 4. The molecule has 1 heterocycles. The molecule has 0 saturated carbocycles. The van der Waals surface area contributed by atoms with E-state index >= 15 is 0 Å². The van der Waals surface area contributed by atoms with Crippen molar-refractivity contribution < 1.29 is 24.2 Å². The van der Waals surface area contributed by atoms with Gasteiger partial charge in [-0.2, -0.15) is 0 Å². The largest absolute Gasteiger partial charge is 0.390 e. The molecule has 19 heavy (non-hydrogen) atoms. The molecule has 0 spiro atoms. The molecule has 1 fully saturated rings. The van der Waals surface area contributed by atoms with Crippen molar-refractivity contribution in [2.75, 3.05) is 39.4 Å². The lowest BCUT2D eigenvalue weighted by Crippen LogP contribution is -2.47. The molecular weight excluding hydrogens is 254 g/mol. The van der Waals surface area contributed by atoms with Crippen molar-refractivity contribution >= 4 is 17.7 Å². The van der Waals surface area contributed by atoms with Gasteiger partial charge in [0.1, 0.15) is 0 Å². The highest BCUT2D eigenvalue weighted by atomic mass is 16.5. The van der Waals surface area contributed by atoms with Crippen molar-refractivity contribution in [1.82, 2.24) is 15.5 Å². The number of aliphatic hydroxyl groups excluding tert-OH is 1. The lowest BCUT2D eigenvalue weighted by Gasteiger charge is -2.28. The summed E-state index contributed by atoms with van der Waals surface area (Å²) >= 11 is 0. The van der Waals surface area contributed by atoms with Crippen LogP contribution in [0, 0.1) is 0 Å². The summed E-state index contributed by atoms with van der Waals surface area (Å²) in [4.78, 5) is 34.9. The van der Waals surface area contributed by atoms with Gasteiger partial charge in [0.25, 0.3) is 0 Å². The average Bonchev–Trinajstić information content (AvgIpc) is 2.36. The number of imide groups is 1. The minimum atomic E-state index is -1.02. The molecule has 0 radical (unpaired) electrons. The minimum Gasteiger partial charge on any atom is -0.390 e. The Labute approximate surface area is 111 Å².